The molecule has 1 amide bonds. The molecule has 22 heavy (non-hydrogen) atoms. The molecular formula is C14H19N5O3. The zero-order valence-corrected chi connectivity index (χ0v) is 12.8. The summed E-state index contributed by atoms with van der Waals surface area (Å²) in [5.74, 6) is -1.35. The lowest BCUT2D eigenvalue weighted by Gasteiger charge is -2.06. The van der Waals surface area contributed by atoms with Crippen LogP contribution in [0, 0.1) is 6.92 Å². The zero-order chi connectivity index (χ0) is 16.3. The fourth-order valence-electron chi connectivity index (χ4n) is 2.03. The molecule has 2 rings (SSSR count). The molecule has 8 nitrogen and oxygen atoms in total. The molecule has 0 radical (unpaired) electrons. The summed E-state index contributed by atoms with van der Waals surface area (Å²) in [5, 5.41) is 19.9. The minimum Gasteiger partial charge on any atom is -0.480 e. The summed E-state index contributed by atoms with van der Waals surface area (Å²) in [5.41, 5.74) is 2.13. The first-order valence-electron chi connectivity index (χ1n) is 7.01. The number of rotatable bonds is 6. The molecule has 2 aromatic heterocycles. The number of nitrogens with one attached hydrogen (secondary N) is 1. The van der Waals surface area contributed by atoms with Gasteiger partial charge < -0.3 is 10.4 Å². The topological polar surface area (TPSA) is 102 Å². The summed E-state index contributed by atoms with van der Waals surface area (Å²) < 4.78 is 3.10. The first-order valence-corrected chi connectivity index (χ1v) is 7.01. The fourth-order valence-corrected chi connectivity index (χ4v) is 2.03. The number of aromatic nitrogens is 4. The molecule has 1 unspecified atom stereocenters. The first kappa shape index (κ1) is 15.7. The van der Waals surface area contributed by atoms with Crippen LogP contribution < -0.4 is 5.32 Å². The van der Waals surface area contributed by atoms with Crippen molar-refractivity contribution in [1.29, 1.82) is 0 Å². The van der Waals surface area contributed by atoms with E-state index >= 15 is 0 Å². The highest BCUT2D eigenvalue weighted by Crippen LogP contribution is 2.08. The van der Waals surface area contributed by atoms with Gasteiger partial charge in [0.05, 0.1) is 6.20 Å². The second-order valence-corrected chi connectivity index (χ2v) is 4.95. The van der Waals surface area contributed by atoms with Crippen LogP contribution in [0.1, 0.15) is 41.6 Å². The summed E-state index contributed by atoms with van der Waals surface area (Å²) in [6.45, 7) is 6.57. The Balaban J connectivity index is 2.00. The largest absolute Gasteiger partial charge is 0.480 e. The normalized spacial score (nSPS) is 12.1. The lowest BCUT2D eigenvalue weighted by Crippen LogP contribution is -2.24. The third-order valence-electron chi connectivity index (χ3n) is 3.54. The van der Waals surface area contributed by atoms with Crippen molar-refractivity contribution >= 4 is 11.9 Å². The van der Waals surface area contributed by atoms with Crippen LogP contribution in [0.2, 0.25) is 0 Å². The maximum atomic E-state index is 12.0. The molecule has 0 aromatic carbocycles. The summed E-state index contributed by atoms with van der Waals surface area (Å²) in [7, 11) is 0. The van der Waals surface area contributed by atoms with Crippen molar-refractivity contribution in [3.63, 3.8) is 0 Å². The van der Waals surface area contributed by atoms with Crippen LogP contribution in [0.4, 0.5) is 0 Å². The lowest BCUT2D eigenvalue weighted by atomic mass is 10.2. The highest BCUT2D eigenvalue weighted by Gasteiger charge is 2.17. The molecule has 0 aliphatic heterocycles. The van der Waals surface area contributed by atoms with Gasteiger partial charge in [-0.2, -0.15) is 10.2 Å². The van der Waals surface area contributed by atoms with E-state index in [0.717, 1.165) is 17.8 Å². The van der Waals surface area contributed by atoms with Crippen LogP contribution in [0.15, 0.2) is 18.5 Å². The van der Waals surface area contributed by atoms with Gasteiger partial charge in [-0.3, -0.25) is 14.2 Å². The van der Waals surface area contributed by atoms with E-state index in [4.69, 9.17) is 5.11 Å². The second kappa shape index (κ2) is 6.42. The highest BCUT2D eigenvalue weighted by molar-refractivity contribution is 5.92. The molecule has 0 bridgehead atoms. The van der Waals surface area contributed by atoms with Gasteiger partial charge in [0.25, 0.3) is 5.91 Å². The molecule has 0 spiro atoms. The van der Waals surface area contributed by atoms with Gasteiger partial charge in [0.2, 0.25) is 0 Å². The number of nitrogens with zero attached hydrogens (tertiary/aromatic N) is 4. The van der Waals surface area contributed by atoms with Crippen LogP contribution in [0.3, 0.4) is 0 Å². The van der Waals surface area contributed by atoms with E-state index in [1.54, 1.807) is 6.20 Å². The van der Waals surface area contributed by atoms with Gasteiger partial charge in [0.15, 0.2) is 0 Å². The molecule has 2 aromatic rings. The van der Waals surface area contributed by atoms with Crippen molar-refractivity contribution in [3.8, 4) is 0 Å². The maximum absolute atomic E-state index is 12.0. The Hall–Kier alpha value is -2.64. The molecule has 2 heterocycles. The van der Waals surface area contributed by atoms with Crippen molar-refractivity contribution < 1.29 is 14.7 Å². The summed E-state index contributed by atoms with van der Waals surface area (Å²) in [6.07, 6.45) is 3.21. The number of aliphatic carboxylic acids is 1. The van der Waals surface area contributed by atoms with Gasteiger partial charge in [-0.1, -0.05) is 0 Å². The molecule has 8 heteroatoms. The number of amides is 1. The monoisotopic (exact) mass is 305 g/mol. The van der Waals surface area contributed by atoms with Crippen molar-refractivity contribution in [2.75, 3.05) is 0 Å². The van der Waals surface area contributed by atoms with Crippen molar-refractivity contribution in [1.82, 2.24) is 24.9 Å². The molecule has 0 aliphatic carbocycles. The van der Waals surface area contributed by atoms with Gasteiger partial charge in [-0.15, -0.1) is 0 Å². The van der Waals surface area contributed by atoms with Crippen LogP contribution >= 0.6 is 0 Å². The van der Waals surface area contributed by atoms with E-state index in [0.29, 0.717) is 6.54 Å². The van der Waals surface area contributed by atoms with Gasteiger partial charge in [-0.05, 0) is 26.8 Å². The highest BCUT2D eigenvalue weighted by atomic mass is 16.4. The van der Waals surface area contributed by atoms with Gasteiger partial charge in [0.1, 0.15) is 11.7 Å². The molecule has 118 valence electrons. The quantitative estimate of drug-likeness (QED) is 0.828. The van der Waals surface area contributed by atoms with Crippen molar-refractivity contribution in [3.05, 3.63) is 35.4 Å². The summed E-state index contributed by atoms with van der Waals surface area (Å²) >= 11 is 0. The Labute approximate surface area is 127 Å². The van der Waals surface area contributed by atoms with E-state index in [9.17, 15) is 9.59 Å². The summed E-state index contributed by atoms with van der Waals surface area (Å²) in [4.78, 5) is 22.9. The summed E-state index contributed by atoms with van der Waals surface area (Å²) in [6, 6.07) is 0.684. The molecular weight excluding hydrogens is 286 g/mol. The molecule has 2 N–H and O–H groups in total. The Bertz CT molecular complexity index is 688. The number of carbonyl (C=O) groups is 2. The molecule has 0 aliphatic rings. The van der Waals surface area contributed by atoms with Crippen LogP contribution in [-0.2, 0) is 17.9 Å². The van der Waals surface area contributed by atoms with Crippen molar-refractivity contribution in [2.45, 2.75) is 39.9 Å². The van der Waals surface area contributed by atoms with E-state index in [2.05, 4.69) is 15.5 Å². The van der Waals surface area contributed by atoms with Gasteiger partial charge in [0, 0.05) is 30.5 Å². The molecule has 0 saturated carbocycles. The first-order chi connectivity index (χ1) is 10.4. The standard InChI is InChI=1S/C14H19N5O3/c1-4-18-9(2)11(8-16-18)7-15-13(20)12-5-6-19(17-12)10(3)14(21)22/h5-6,8,10H,4,7H2,1-3H3,(H,15,20)(H,21,22). The van der Waals surface area contributed by atoms with E-state index in [-0.39, 0.29) is 11.6 Å². The van der Waals surface area contributed by atoms with Gasteiger partial charge >= 0.3 is 5.97 Å². The number of carbonyl (C=O) groups excluding carboxylic acids is 1. The second-order valence-electron chi connectivity index (χ2n) is 4.95. The fraction of sp³-hybridized carbons (Fsp3) is 0.429. The predicted molar refractivity (Wildman–Crippen MR) is 78.4 cm³/mol. The number of carboxylic acid groups (broad SMARTS) is 1. The molecule has 0 fully saturated rings. The average Bonchev–Trinajstić information content (AvgIpc) is 3.11. The minimum atomic E-state index is -1.00. The molecule has 1 atom stereocenters. The van der Waals surface area contributed by atoms with E-state index < -0.39 is 12.0 Å². The minimum absolute atomic E-state index is 0.189. The number of carboxylic acids is 1. The Kier molecular flexibility index (Phi) is 4.59. The van der Waals surface area contributed by atoms with E-state index in [1.807, 2.05) is 18.5 Å². The maximum Gasteiger partial charge on any atom is 0.328 e. The van der Waals surface area contributed by atoms with Crippen LogP contribution in [0.25, 0.3) is 0 Å². The predicted octanol–water partition coefficient (Wildman–Crippen LogP) is 0.984. The number of hydrogen-bond donors (Lipinski definition) is 2. The zero-order valence-electron chi connectivity index (χ0n) is 12.8. The number of hydrogen-bond acceptors (Lipinski definition) is 4. The Morgan fingerprint density at radius 3 is 2.77 bits per heavy atom. The van der Waals surface area contributed by atoms with Gasteiger partial charge in [-0.25, -0.2) is 4.79 Å². The lowest BCUT2D eigenvalue weighted by molar-refractivity contribution is -0.140. The number of aryl methyl sites for hydroxylation is 1. The van der Waals surface area contributed by atoms with E-state index in [1.165, 1.54) is 23.9 Å². The Morgan fingerprint density at radius 1 is 1.45 bits per heavy atom. The third kappa shape index (κ3) is 3.16. The smallest absolute Gasteiger partial charge is 0.328 e. The van der Waals surface area contributed by atoms with Crippen LogP contribution in [0.5, 0.6) is 0 Å². The third-order valence-corrected chi connectivity index (χ3v) is 3.54. The SMILES string of the molecule is CCn1ncc(CNC(=O)c2ccn(C(C)C(=O)O)n2)c1C. The molecule has 0 saturated heterocycles. The van der Waals surface area contributed by atoms with Crippen LogP contribution in [-0.4, -0.2) is 36.5 Å². The average molecular weight is 305 g/mol. The van der Waals surface area contributed by atoms with Crippen molar-refractivity contribution in [2.24, 2.45) is 0 Å². The Morgan fingerprint density at radius 2 is 2.18 bits per heavy atom.